The molecule has 0 saturated heterocycles. The third-order valence-electron chi connectivity index (χ3n) is 2.80. The Morgan fingerprint density at radius 1 is 1.46 bits per heavy atom. The molecule has 1 amide bonds. The first kappa shape index (κ1) is 10.2. The van der Waals surface area contributed by atoms with E-state index in [1.165, 1.54) is 6.92 Å². The van der Waals surface area contributed by atoms with Crippen molar-refractivity contribution in [2.75, 3.05) is 0 Å². The average molecular weight is 183 g/mol. The average Bonchev–Trinajstić information content (AvgIpc) is 2.59. The maximum atomic E-state index is 11.5. The number of ketones is 1. The van der Waals surface area contributed by atoms with Gasteiger partial charge in [-0.1, -0.05) is 13.8 Å². The molecule has 0 aromatic rings. The van der Waals surface area contributed by atoms with E-state index in [1.807, 2.05) is 0 Å². The van der Waals surface area contributed by atoms with Gasteiger partial charge in [0.1, 0.15) is 0 Å². The second-order valence-electron chi connectivity index (χ2n) is 4.59. The Labute approximate surface area is 78.9 Å². The van der Waals surface area contributed by atoms with Crippen LogP contribution in [0.25, 0.3) is 0 Å². The van der Waals surface area contributed by atoms with Gasteiger partial charge in [-0.15, -0.1) is 0 Å². The Morgan fingerprint density at radius 2 is 1.92 bits per heavy atom. The van der Waals surface area contributed by atoms with Crippen molar-refractivity contribution in [3.63, 3.8) is 0 Å². The number of carbonyl (C=O) groups excluding carboxylic acids is 2. The molecule has 3 nitrogen and oxygen atoms in total. The van der Waals surface area contributed by atoms with Gasteiger partial charge in [0.2, 0.25) is 5.91 Å². The van der Waals surface area contributed by atoms with Crippen molar-refractivity contribution in [1.82, 2.24) is 5.32 Å². The predicted molar refractivity (Wildman–Crippen MR) is 50.2 cm³/mol. The molecule has 0 heterocycles. The van der Waals surface area contributed by atoms with Crippen LogP contribution >= 0.6 is 0 Å². The van der Waals surface area contributed by atoms with E-state index in [-0.39, 0.29) is 29.1 Å². The molecule has 1 saturated carbocycles. The molecule has 1 fully saturated rings. The molecular weight excluding hydrogens is 166 g/mol. The van der Waals surface area contributed by atoms with Crippen molar-refractivity contribution in [3.05, 3.63) is 0 Å². The maximum absolute atomic E-state index is 11.5. The summed E-state index contributed by atoms with van der Waals surface area (Å²) in [5.74, 6) is 0.133. The van der Waals surface area contributed by atoms with E-state index in [0.29, 0.717) is 0 Å². The highest BCUT2D eigenvalue weighted by Crippen LogP contribution is 2.51. The Bertz CT molecular complexity index is 245. The molecule has 74 valence electrons. The summed E-state index contributed by atoms with van der Waals surface area (Å²) >= 11 is 0. The quantitative estimate of drug-likeness (QED) is 0.712. The van der Waals surface area contributed by atoms with Crippen LogP contribution in [0.2, 0.25) is 0 Å². The molecule has 0 radical (unpaired) electrons. The number of Topliss-reactive ketones (excluding diaryl/α,β-unsaturated/α-hetero) is 1. The van der Waals surface area contributed by atoms with Gasteiger partial charge in [-0.05, 0) is 25.7 Å². The van der Waals surface area contributed by atoms with Gasteiger partial charge in [0.15, 0.2) is 5.78 Å². The second kappa shape index (κ2) is 3.13. The van der Waals surface area contributed by atoms with Crippen LogP contribution in [-0.4, -0.2) is 17.7 Å². The minimum atomic E-state index is -0.344. The fourth-order valence-corrected chi connectivity index (χ4v) is 1.33. The summed E-state index contributed by atoms with van der Waals surface area (Å²) in [6, 6.07) is -0.344. The predicted octanol–water partition coefficient (Wildman–Crippen LogP) is 1.13. The van der Waals surface area contributed by atoms with Crippen LogP contribution in [0.15, 0.2) is 0 Å². The zero-order chi connectivity index (χ0) is 10.2. The van der Waals surface area contributed by atoms with Gasteiger partial charge in [-0.25, -0.2) is 0 Å². The number of hydrogen-bond donors (Lipinski definition) is 1. The van der Waals surface area contributed by atoms with Crippen LogP contribution < -0.4 is 5.32 Å². The highest BCUT2D eigenvalue weighted by atomic mass is 16.2. The summed E-state index contributed by atoms with van der Waals surface area (Å²) in [6.45, 7) is 7.34. The number of hydrogen-bond acceptors (Lipinski definition) is 2. The summed E-state index contributed by atoms with van der Waals surface area (Å²) < 4.78 is 0. The minimum absolute atomic E-state index is 0.00630. The number of carbonyl (C=O) groups is 2. The molecular formula is C10H17NO2. The van der Waals surface area contributed by atoms with E-state index in [1.54, 1.807) is 6.92 Å². The Kier molecular flexibility index (Phi) is 2.46. The van der Waals surface area contributed by atoms with Gasteiger partial charge >= 0.3 is 0 Å². The summed E-state index contributed by atoms with van der Waals surface area (Å²) in [6.07, 6.45) is 0.934. The molecule has 0 spiro atoms. The molecule has 1 N–H and O–H groups in total. The number of nitrogens with one attached hydrogen (secondary N) is 1. The molecule has 0 aromatic carbocycles. The summed E-state index contributed by atoms with van der Waals surface area (Å²) in [5.41, 5.74) is 0.139. The molecule has 1 rings (SSSR count). The van der Waals surface area contributed by atoms with E-state index in [4.69, 9.17) is 0 Å². The van der Waals surface area contributed by atoms with Crippen LogP contribution in [0.1, 0.15) is 34.1 Å². The SMILES string of the molecule is CC(=O)C(C)NC(=O)C1CC1(C)C. The van der Waals surface area contributed by atoms with Gasteiger partial charge in [0.25, 0.3) is 0 Å². The molecule has 3 heteroatoms. The number of amides is 1. The third kappa shape index (κ3) is 2.29. The Hall–Kier alpha value is -0.860. The molecule has 1 aliphatic carbocycles. The Morgan fingerprint density at radius 3 is 2.23 bits per heavy atom. The van der Waals surface area contributed by atoms with Crippen molar-refractivity contribution >= 4 is 11.7 Å². The highest BCUT2D eigenvalue weighted by molar-refractivity contribution is 5.89. The standard InChI is InChI=1S/C10H17NO2/c1-6(7(2)12)11-9(13)8-5-10(8,3)4/h6,8H,5H2,1-4H3,(H,11,13). The summed E-state index contributed by atoms with van der Waals surface area (Å²) in [5, 5.41) is 2.71. The maximum Gasteiger partial charge on any atom is 0.224 e. The lowest BCUT2D eigenvalue weighted by Gasteiger charge is -2.10. The van der Waals surface area contributed by atoms with E-state index in [9.17, 15) is 9.59 Å². The molecule has 2 atom stereocenters. The van der Waals surface area contributed by atoms with Gasteiger partial charge in [-0.3, -0.25) is 9.59 Å². The third-order valence-corrected chi connectivity index (χ3v) is 2.80. The molecule has 0 bridgehead atoms. The lowest BCUT2D eigenvalue weighted by molar-refractivity contribution is -0.127. The zero-order valence-corrected chi connectivity index (χ0v) is 8.68. The van der Waals surface area contributed by atoms with Gasteiger partial charge in [0.05, 0.1) is 6.04 Å². The van der Waals surface area contributed by atoms with Crippen molar-refractivity contribution in [2.24, 2.45) is 11.3 Å². The monoisotopic (exact) mass is 183 g/mol. The van der Waals surface area contributed by atoms with Crippen LogP contribution in [0.3, 0.4) is 0 Å². The topological polar surface area (TPSA) is 46.2 Å². The van der Waals surface area contributed by atoms with Crippen LogP contribution in [0, 0.1) is 11.3 Å². The first-order valence-electron chi connectivity index (χ1n) is 4.65. The summed E-state index contributed by atoms with van der Waals surface area (Å²) in [4.78, 5) is 22.3. The van der Waals surface area contributed by atoms with Crippen molar-refractivity contribution < 1.29 is 9.59 Å². The normalized spacial score (nSPS) is 26.3. The first-order valence-corrected chi connectivity index (χ1v) is 4.65. The van der Waals surface area contributed by atoms with E-state index < -0.39 is 0 Å². The second-order valence-corrected chi connectivity index (χ2v) is 4.59. The van der Waals surface area contributed by atoms with Gasteiger partial charge in [0, 0.05) is 5.92 Å². The molecule has 1 aliphatic rings. The summed E-state index contributed by atoms with van der Waals surface area (Å²) in [7, 11) is 0. The van der Waals surface area contributed by atoms with E-state index in [0.717, 1.165) is 6.42 Å². The van der Waals surface area contributed by atoms with Crippen LogP contribution in [-0.2, 0) is 9.59 Å². The molecule has 13 heavy (non-hydrogen) atoms. The van der Waals surface area contributed by atoms with Crippen molar-refractivity contribution in [3.8, 4) is 0 Å². The fourth-order valence-electron chi connectivity index (χ4n) is 1.33. The van der Waals surface area contributed by atoms with Crippen molar-refractivity contribution in [1.29, 1.82) is 0 Å². The lowest BCUT2D eigenvalue weighted by Crippen LogP contribution is -2.38. The van der Waals surface area contributed by atoms with E-state index in [2.05, 4.69) is 19.2 Å². The van der Waals surface area contributed by atoms with Crippen LogP contribution in [0.4, 0.5) is 0 Å². The molecule has 0 aliphatic heterocycles. The largest absolute Gasteiger partial charge is 0.346 e. The minimum Gasteiger partial charge on any atom is -0.346 e. The molecule has 2 unspecified atom stereocenters. The highest BCUT2D eigenvalue weighted by Gasteiger charge is 2.50. The van der Waals surface area contributed by atoms with Gasteiger partial charge in [-0.2, -0.15) is 0 Å². The smallest absolute Gasteiger partial charge is 0.224 e. The van der Waals surface area contributed by atoms with E-state index >= 15 is 0 Å². The number of rotatable bonds is 3. The van der Waals surface area contributed by atoms with Crippen molar-refractivity contribution in [2.45, 2.75) is 40.2 Å². The van der Waals surface area contributed by atoms with Crippen LogP contribution in [0.5, 0.6) is 0 Å². The van der Waals surface area contributed by atoms with Gasteiger partial charge < -0.3 is 5.32 Å². The lowest BCUT2D eigenvalue weighted by atomic mass is 10.1. The fraction of sp³-hybridized carbons (Fsp3) is 0.800. The first-order chi connectivity index (χ1) is 5.84. The zero-order valence-electron chi connectivity index (χ0n) is 8.68. The Balaban J connectivity index is 2.40. The molecule has 0 aromatic heterocycles.